The first kappa shape index (κ1) is 13.5. The highest BCUT2D eigenvalue weighted by molar-refractivity contribution is 5.71. The first-order valence-electron chi connectivity index (χ1n) is 5.77. The van der Waals surface area contributed by atoms with Crippen LogP contribution in [0.4, 0.5) is 0 Å². The van der Waals surface area contributed by atoms with Gasteiger partial charge < -0.3 is 9.84 Å². The highest BCUT2D eigenvalue weighted by Crippen LogP contribution is 2.16. The van der Waals surface area contributed by atoms with Gasteiger partial charge in [-0.3, -0.25) is 4.79 Å². The molecule has 1 aromatic carbocycles. The van der Waals surface area contributed by atoms with Gasteiger partial charge in [0.05, 0.1) is 19.1 Å². The van der Waals surface area contributed by atoms with Crippen molar-refractivity contribution < 1.29 is 14.6 Å². The summed E-state index contributed by atoms with van der Waals surface area (Å²) in [5.74, 6) is -0.238. The van der Waals surface area contributed by atoms with Crippen LogP contribution < -0.4 is 0 Å². The van der Waals surface area contributed by atoms with Crippen LogP contribution in [0.25, 0.3) is 0 Å². The van der Waals surface area contributed by atoms with Crippen LogP contribution in [-0.2, 0) is 9.53 Å². The third-order valence-electron chi connectivity index (χ3n) is 2.30. The zero-order valence-corrected chi connectivity index (χ0v) is 10.0. The lowest BCUT2D eigenvalue weighted by atomic mass is 10.1. The van der Waals surface area contributed by atoms with Gasteiger partial charge in [-0.05, 0) is 18.9 Å². The van der Waals surface area contributed by atoms with Crippen LogP contribution in [0.15, 0.2) is 42.5 Å². The lowest BCUT2D eigenvalue weighted by Gasteiger charge is -2.07. The Hall–Kier alpha value is -1.61. The fraction of sp³-hybridized carbons (Fsp3) is 0.357. The molecular formula is C14H18O3. The van der Waals surface area contributed by atoms with E-state index in [1.807, 2.05) is 30.3 Å². The van der Waals surface area contributed by atoms with E-state index < -0.39 is 6.10 Å². The monoisotopic (exact) mass is 234 g/mol. The van der Waals surface area contributed by atoms with Gasteiger partial charge in [-0.25, -0.2) is 0 Å². The van der Waals surface area contributed by atoms with Crippen molar-refractivity contribution in [2.45, 2.75) is 25.9 Å². The van der Waals surface area contributed by atoms with E-state index in [4.69, 9.17) is 4.74 Å². The summed E-state index contributed by atoms with van der Waals surface area (Å²) in [6.45, 7) is 2.18. The van der Waals surface area contributed by atoms with Crippen molar-refractivity contribution in [3.05, 3.63) is 48.0 Å². The van der Waals surface area contributed by atoms with Crippen LogP contribution in [0.5, 0.6) is 0 Å². The minimum atomic E-state index is -0.519. The van der Waals surface area contributed by atoms with Gasteiger partial charge in [0.1, 0.15) is 0 Å². The number of aliphatic hydroxyl groups is 1. The van der Waals surface area contributed by atoms with Gasteiger partial charge in [0, 0.05) is 0 Å². The number of hydrogen-bond acceptors (Lipinski definition) is 3. The average Bonchev–Trinajstić information content (AvgIpc) is 2.36. The number of hydrogen-bond donors (Lipinski definition) is 1. The first-order valence-corrected chi connectivity index (χ1v) is 5.77. The summed E-state index contributed by atoms with van der Waals surface area (Å²) < 4.78 is 4.78. The standard InChI is InChI=1S/C14H18O3/c1-2-17-14(16)11-7-6-10-13(15)12-8-4-3-5-9-12/h3-9,13,15H,2,10-11H2,1H3/b7-6-/t13-/m1/s1. The van der Waals surface area contributed by atoms with Crippen LogP contribution in [0.1, 0.15) is 31.4 Å². The summed E-state index contributed by atoms with van der Waals surface area (Å²) in [6, 6.07) is 9.45. The molecular weight excluding hydrogens is 216 g/mol. The summed E-state index contributed by atoms with van der Waals surface area (Å²) in [5.41, 5.74) is 0.883. The Morgan fingerprint density at radius 1 is 1.35 bits per heavy atom. The van der Waals surface area contributed by atoms with E-state index in [-0.39, 0.29) is 12.4 Å². The van der Waals surface area contributed by atoms with Crippen LogP contribution >= 0.6 is 0 Å². The number of benzene rings is 1. The fourth-order valence-corrected chi connectivity index (χ4v) is 1.44. The maximum Gasteiger partial charge on any atom is 0.309 e. The number of esters is 1. The van der Waals surface area contributed by atoms with Gasteiger partial charge in [0.15, 0.2) is 0 Å². The molecule has 0 amide bonds. The Morgan fingerprint density at radius 2 is 2.06 bits per heavy atom. The molecule has 0 aliphatic heterocycles. The SMILES string of the molecule is CCOC(=O)C/C=C\C[C@@H](O)c1ccccc1. The lowest BCUT2D eigenvalue weighted by molar-refractivity contribution is -0.142. The van der Waals surface area contributed by atoms with Gasteiger partial charge >= 0.3 is 5.97 Å². The predicted molar refractivity (Wildman–Crippen MR) is 66.4 cm³/mol. The molecule has 0 unspecified atom stereocenters. The molecule has 0 bridgehead atoms. The van der Waals surface area contributed by atoms with E-state index in [1.54, 1.807) is 19.1 Å². The molecule has 92 valence electrons. The van der Waals surface area contributed by atoms with E-state index in [1.165, 1.54) is 0 Å². The molecule has 0 fully saturated rings. The van der Waals surface area contributed by atoms with E-state index in [0.717, 1.165) is 5.56 Å². The second-order valence-electron chi connectivity index (χ2n) is 3.64. The van der Waals surface area contributed by atoms with Crippen molar-refractivity contribution in [2.75, 3.05) is 6.61 Å². The summed E-state index contributed by atoms with van der Waals surface area (Å²) in [7, 11) is 0. The smallest absolute Gasteiger partial charge is 0.309 e. The molecule has 0 radical (unpaired) electrons. The Balaban J connectivity index is 2.31. The van der Waals surface area contributed by atoms with Crippen molar-refractivity contribution in [1.29, 1.82) is 0 Å². The summed E-state index contributed by atoms with van der Waals surface area (Å²) in [5, 5.41) is 9.82. The summed E-state index contributed by atoms with van der Waals surface area (Å²) >= 11 is 0. The molecule has 0 saturated carbocycles. The number of rotatable bonds is 6. The van der Waals surface area contributed by atoms with Crippen LogP contribution in [-0.4, -0.2) is 17.7 Å². The van der Waals surface area contributed by atoms with Gasteiger partial charge in [-0.1, -0.05) is 42.5 Å². The Bertz CT molecular complexity index is 357. The van der Waals surface area contributed by atoms with Gasteiger partial charge in [0.25, 0.3) is 0 Å². The van der Waals surface area contributed by atoms with Crippen molar-refractivity contribution in [2.24, 2.45) is 0 Å². The largest absolute Gasteiger partial charge is 0.466 e. The van der Waals surface area contributed by atoms with Crippen LogP contribution in [0.2, 0.25) is 0 Å². The maximum absolute atomic E-state index is 11.0. The Labute approximate surface area is 102 Å². The number of carbonyl (C=O) groups excluding carboxylic acids is 1. The third-order valence-corrected chi connectivity index (χ3v) is 2.30. The topological polar surface area (TPSA) is 46.5 Å². The van der Waals surface area contributed by atoms with Crippen molar-refractivity contribution >= 4 is 5.97 Å². The van der Waals surface area contributed by atoms with Crippen molar-refractivity contribution in [3.8, 4) is 0 Å². The van der Waals surface area contributed by atoms with Gasteiger partial charge in [-0.2, -0.15) is 0 Å². The molecule has 0 heterocycles. The number of aliphatic hydroxyl groups excluding tert-OH is 1. The summed E-state index contributed by atoms with van der Waals surface area (Å²) in [4.78, 5) is 11.0. The fourth-order valence-electron chi connectivity index (χ4n) is 1.44. The van der Waals surface area contributed by atoms with E-state index in [2.05, 4.69) is 0 Å². The van der Waals surface area contributed by atoms with Crippen molar-refractivity contribution in [3.63, 3.8) is 0 Å². The van der Waals surface area contributed by atoms with Crippen LogP contribution in [0.3, 0.4) is 0 Å². The molecule has 1 atom stereocenters. The highest BCUT2D eigenvalue weighted by atomic mass is 16.5. The normalized spacial score (nSPS) is 12.6. The predicted octanol–water partition coefficient (Wildman–Crippen LogP) is 2.62. The molecule has 0 aromatic heterocycles. The van der Waals surface area contributed by atoms with Gasteiger partial charge in [-0.15, -0.1) is 0 Å². The number of ether oxygens (including phenoxy) is 1. The highest BCUT2D eigenvalue weighted by Gasteiger charge is 2.03. The van der Waals surface area contributed by atoms with E-state index in [0.29, 0.717) is 13.0 Å². The average molecular weight is 234 g/mol. The minimum absolute atomic E-state index is 0.238. The molecule has 1 rings (SSSR count). The second-order valence-corrected chi connectivity index (χ2v) is 3.64. The second kappa shape index (κ2) is 7.63. The van der Waals surface area contributed by atoms with Crippen molar-refractivity contribution in [1.82, 2.24) is 0 Å². The maximum atomic E-state index is 11.0. The first-order chi connectivity index (χ1) is 8.24. The molecule has 0 aliphatic rings. The molecule has 1 aromatic rings. The molecule has 0 spiro atoms. The minimum Gasteiger partial charge on any atom is -0.466 e. The molecule has 0 aliphatic carbocycles. The molecule has 17 heavy (non-hydrogen) atoms. The summed E-state index contributed by atoms with van der Waals surface area (Å²) in [6.07, 6.45) is 3.77. The lowest BCUT2D eigenvalue weighted by Crippen LogP contribution is -2.01. The van der Waals surface area contributed by atoms with E-state index in [9.17, 15) is 9.90 Å². The Morgan fingerprint density at radius 3 is 2.71 bits per heavy atom. The number of carbonyl (C=O) groups is 1. The molecule has 3 nitrogen and oxygen atoms in total. The Kier molecular flexibility index (Phi) is 6.04. The zero-order valence-electron chi connectivity index (χ0n) is 10.0. The molecule has 0 saturated heterocycles. The van der Waals surface area contributed by atoms with E-state index >= 15 is 0 Å². The quantitative estimate of drug-likeness (QED) is 0.608. The molecule has 3 heteroatoms. The zero-order chi connectivity index (χ0) is 12.5. The third kappa shape index (κ3) is 5.31. The van der Waals surface area contributed by atoms with Gasteiger partial charge in [0.2, 0.25) is 0 Å². The van der Waals surface area contributed by atoms with Crippen LogP contribution in [0, 0.1) is 0 Å². The molecule has 1 N–H and O–H groups in total.